The molecule has 2 aromatic rings. The highest BCUT2D eigenvalue weighted by Gasteiger charge is 2.50. The Hall–Kier alpha value is -1.99. The smallest absolute Gasteiger partial charge is 0.270 e. The van der Waals surface area contributed by atoms with E-state index in [0.29, 0.717) is 10.6 Å². The average Bonchev–Trinajstić information content (AvgIpc) is 2.92. The first-order valence-corrected chi connectivity index (χ1v) is 9.59. The van der Waals surface area contributed by atoms with E-state index in [4.69, 9.17) is 17.0 Å². The molecule has 0 unspecified atom stereocenters. The van der Waals surface area contributed by atoms with Crippen LogP contribution in [0, 0.1) is 12.3 Å². The lowest BCUT2D eigenvalue weighted by Gasteiger charge is -2.45. The molecule has 1 amide bonds. The molecule has 144 valence electrons. The number of guanidine groups is 1. The fraction of sp³-hybridized carbons (Fsp3) is 0.368. The number of benzene rings is 1. The molecule has 1 saturated heterocycles. The van der Waals surface area contributed by atoms with Gasteiger partial charge in [0.25, 0.3) is 5.92 Å². The fourth-order valence-corrected chi connectivity index (χ4v) is 4.90. The molecule has 1 aliphatic rings. The highest BCUT2D eigenvalue weighted by molar-refractivity contribution is 7.11. The summed E-state index contributed by atoms with van der Waals surface area (Å²) < 4.78 is 27.1. The number of amides is 1. The van der Waals surface area contributed by atoms with Crippen LogP contribution in [0.5, 0.6) is 0 Å². The zero-order chi connectivity index (χ0) is 20.1. The van der Waals surface area contributed by atoms with Crippen LogP contribution in [0.4, 0.5) is 8.78 Å². The van der Waals surface area contributed by atoms with Crippen LogP contribution in [-0.2, 0) is 16.3 Å². The van der Waals surface area contributed by atoms with Crippen molar-refractivity contribution in [2.24, 2.45) is 0 Å². The number of carbonyl (C=O) groups is 1. The zero-order valence-electron chi connectivity index (χ0n) is 15.4. The first-order valence-electron chi connectivity index (χ1n) is 8.33. The minimum absolute atomic E-state index is 0.0300. The quantitative estimate of drug-likeness (QED) is 0.760. The molecule has 2 heterocycles. The lowest BCUT2D eigenvalue weighted by molar-refractivity contribution is -0.131. The number of aryl methyl sites for hydroxylation is 1. The predicted octanol–water partition coefficient (Wildman–Crippen LogP) is 4.82. The summed E-state index contributed by atoms with van der Waals surface area (Å²) in [6.45, 7) is 4.53. The fourth-order valence-electron chi connectivity index (χ4n) is 3.37. The van der Waals surface area contributed by atoms with Crippen molar-refractivity contribution in [2.45, 2.75) is 38.2 Å². The van der Waals surface area contributed by atoms with Crippen molar-refractivity contribution in [3.05, 3.63) is 56.2 Å². The van der Waals surface area contributed by atoms with Gasteiger partial charge in [0.1, 0.15) is 0 Å². The van der Waals surface area contributed by atoms with Gasteiger partial charge in [0, 0.05) is 24.4 Å². The number of nitrogens with zero attached hydrogens (tertiary/aromatic N) is 1. The van der Waals surface area contributed by atoms with E-state index in [2.05, 4.69) is 5.32 Å². The van der Waals surface area contributed by atoms with Gasteiger partial charge >= 0.3 is 0 Å². The van der Waals surface area contributed by atoms with Gasteiger partial charge in [-0.25, -0.2) is 8.78 Å². The Balaban J connectivity index is 2.14. The molecule has 0 aliphatic carbocycles. The molecule has 0 radical (unpaired) electrons. The summed E-state index contributed by atoms with van der Waals surface area (Å²) in [5, 5.41) is 13.7. The van der Waals surface area contributed by atoms with E-state index in [-0.39, 0.29) is 17.4 Å². The number of hydrogen-bond acceptors (Lipinski definition) is 3. The first kappa shape index (κ1) is 19.8. The number of hydrogen-bond donors (Lipinski definition) is 2. The summed E-state index contributed by atoms with van der Waals surface area (Å²) in [4.78, 5) is 15.0. The van der Waals surface area contributed by atoms with Crippen molar-refractivity contribution in [2.75, 3.05) is 7.05 Å². The number of thiophene rings is 1. The topological polar surface area (TPSA) is 56.2 Å². The van der Waals surface area contributed by atoms with Crippen molar-refractivity contribution in [3.63, 3.8) is 0 Å². The number of rotatable bonds is 3. The summed E-state index contributed by atoms with van der Waals surface area (Å²) in [5.74, 6) is -3.99. The lowest BCUT2D eigenvalue weighted by atomic mass is 9.76. The number of carbonyl (C=O) groups excluding carboxylic acids is 1. The van der Waals surface area contributed by atoms with Gasteiger partial charge in [0.2, 0.25) is 5.91 Å². The van der Waals surface area contributed by atoms with E-state index < -0.39 is 17.4 Å². The molecule has 8 heteroatoms. The monoisotopic (exact) mass is 411 g/mol. The van der Waals surface area contributed by atoms with Crippen molar-refractivity contribution in [1.82, 2.24) is 10.2 Å². The Morgan fingerprint density at radius 1 is 1.33 bits per heavy atom. The van der Waals surface area contributed by atoms with E-state index >= 15 is 0 Å². The summed E-state index contributed by atoms with van der Waals surface area (Å²) >= 11 is 7.89. The van der Waals surface area contributed by atoms with Crippen molar-refractivity contribution >= 4 is 34.8 Å². The second kappa shape index (κ2) is 6.56. The molecule has 1 aromatic carbocycles. The Kier molecular flexibility index (Phi) is 4.80. The normalized spacial score (nSPS) is 23.5. The molecule has 2 atom stereocenters. The molecule has 1 aliphatic heterocycles. The molecule has 3 rings (SSSR count). The van der Waals surface area contributed by atoms with E-state index in [1.165, 1.54) is 35.4 Å². The third-order valence-electron chi connectivity index (χ3n) is 4.99. The number of nitrogens with one attached hydrogen (secondary N) is 2. The number of likely N-dealkylation sites (N-methyl/N-ethyl adjacent to an activating group) is 1. The second-order valence-corrected chi connectivity index (χ2v) is 8.34. The maximum absolute atomic E-state index is 13.6. The van der Waals surface area contributed by atoms with Crippen molar-refractivity contribution in [1.29, 1.82) is 5.41 Å². The third kappa shape index (κ3) is 3.23. The molecule has 1 aromatic heterocycles. The van der Waals surface area contributed by atoms with Gasteiger partial charge in [-0.3, -0.25) is 15.1 Å². The van der Waals surface area contributed by atoms with E-state index in [9.17, 15) is 13.6 Å². The predicted molar refractivity (Wildman–Crippen MR) is 104 cm³/mol. The Bertz CT molecular complexity index is 907. The summed E-state index contributed by atoms with van der Waals surface area (Å²) in [7, 11) is 1.51. The van der Waals surface area contributed by atoms with Gasteiger partial charge in [-0.05, 0) is 30.4 Å². The van der Waals surface area contributed by atoms with Crippen LogP contribution in [0.15, 0.2) is 29.6 Å². The van der Waals surface area contributed by atoms with E-state index in [1.54, 1.807) is 12.1 Å². The molecular formula is C19H20ClF2N3OS. The molecule has 0 saturated carbocycles. The SMILES string of the molecule is Cc1csc([C@@]2(C)NC(=N)N(C)C(=O)[C@H]2c2ccc(C(C)(F)F)cc2)c1Cl. The Morgan fingerprint density at radius 2 is 1.93 bits per heavy atom. The summed E-state index contributed by atoms with van der Waals surface area (Å²) in [6, 6.07) is 5.77. The molecule has 4 nitrogen and oxygen atoms in total. The second-order valence-electron chi connectivity index (χ2n) is 7.08. The van der Waals surface area contributed by atoms with Crippen LogP contribution in [0.25, 0.3) is 0 Å². The standard InChI is InChI=1S/C19H20ClF2N3OS/c1-10-9-27-15(14(10)20)18(2)13(16(26)25(4)17(23)24-18)11-5-7-12(8-6-11)19(3,21)22/h5-9,13H,1-4H3,(H2,23,24)/t13-,18+/m1/s1. The van der Waals surface area contributed by atoms with E-state index in [0.717, 1.165) is 17.4 Å². The maximum atomic E-state index is 13.6. The van der Waals surface area contributed by atoms with Crippen LogP contribution in [0.1, 0.15) is 41.3 Å². The van der Waals surface area contributed by atoms with Gasteiger partial charge in [-0.2, -0.15) is 0 Å². The third-order valence-corrected chi connectivity index (χ3v) is 6.92. The minimum atomic E-state index is -2.95. The maximum Gasteiger partial charge on any atom is 0.270 e. The van der Waals surface area contributed by atoms with Gasteiger partial charge in [-0.15, -0.1) is 11.3 Å². The molecule has 2 N–H and O–H groups in total. The zero-order valence-corrected chi connectivity index (χ0v) is 16.9. The molecule has 0 bridgehead atoms. The van der Waals surface area contributed by atoms with Gasteiger partial charge in [0.05, 0.1) is 16.5 Å². The van der Waals surface area contributed by atoms with Gasteiger partial charge in [-0.1, -0.05) is 35.9 Å². The van der Waals surface area contributed by atoms with Crippen LogP contribution in [-0.4, -0.2) is 23.8 Å². The minimum Gasteiger partial charge on any atom is -0.345 e. The summed E-state index contributed by atoms with van der Waals surface area (Å²) in [6.07, 6.45) is 0. The van der Waals surface area contributed by atoms with Crippen LogP contribution in [0.2, 0.25) is 5.02 Å². The molecule has 1 fully saturated rings. The van der Waals surface area contributed by atoms with Gasteiger partial charge < -0.3 is 5.32 Å². The Labute approximate surface area is 165 Å². The van der Waals surface area contributed by atoms with Crippen LogP contribution in [0.3, 0.4) is 0 Å². The van der Waals surface area contributed by atoms with Crippen LogP contribution >= 0.6 is 22.9 Å². The number of alkyl halides is 2. The molecule has 27 heavy (non-hydrogen) atoms. The molecule has 0 spiro atoms. The first-order chi connectivity index (χ1) is 12.5. The average molecular weight is 412 g/mol. The highest BCUT2D eigenvalue weighted by atomic mass is 35.5. The molecular weight excluding hydrogens is 392 g/mol. The largest absolute Gasteiger partial charge is 0.345 e. The van der Waals surface area contributed by atoms with Crippen molar-refractivity contribution in [3.8, 4) is 0 Å². The number of halogens is 3. The Morgan fingerprint density at radius 3 is 2.41 bits per heavy atom. The lowest BCUT2D eigenvalue weighted by Crippen LogP contribution is -2.62. The van der Waals surface area contributed by atoms with Crippen molar-refractivity contribution < 1.29 is 13.6 Å². The van der Waals surface area contributed by atoms with Crippen LogP contribution < -0.4 is 5.32 Å². The summed E-state index contributed by atoms with van der Waals surface area (Å²) in [5.41, 5.74) is 0.393. The van der Waals surface area contributed by atoms with E-state index in [1.807, 2.05) is 19.2 Å². The highest BCUT2D eigenvalue weighted by Crippen LogP contribution is 2.46. The van der Waals surface area contributed by atoms with Gasteiger partial charge in [0.15, 0.2) is 5.96 Å².